The molecule has 0 bridgehead atoms. The van der Waals surface area contributed by atoms with E-state index in [9.17, 15) is 41.7 Å². The van der Waals surface area contributed by atoms with Gasteiger partial charge in [0.05, 0.1) is 29.7 Å². The number of nitrogens with zero attached hydrogens (tertiary/aromatic N) is 2. The lowest BCUT2D eigenvalue weighted by molar-refractivity contribution is -0.386. The number of para-hydroxylation sites is 1. The van der Waals surface area contributed by atoms with Crippen LogP contribution in [0, 0.1) is 21.7 Å². The number of hydrogen-bond donors (Lipinski definition) is 2. The summed E-state index contributed by atoms with van der Waals surface area (Å²) in [6.45, 7) is -0.468. The van der Waals surface area contributed by atoms with Crippen molar-refractivity contribution in [1.82, 2.24) is 0 Å². The lowest BCUT2D eigenvalue weighted by Gasteiger charge is -2.29. The molecule has 0 unspecified atom stereocenters. The van der Waals surface area contributed by atoms with Gasteiger partial charge in [-0.2, -0.15) is 17.6 Å². The van der Waals surface area contributed by atoms with Gasteiger partial charge < -0.3 is 19.9 Å². The summed E-state index contributed by atoms with van der Waals surface area (Å²) in [6.07, 6.45) is -5.56. The smallest absolute Gasteiger partial charge is 0.471 e. The minimum absolute atomic E-state index is 0.00445. The molecule has 41 heavy (non-hydrogen) atoms. The molecule has 5 rings (SSSR count). The Labute approximate surface area is 227 Å². The monoisotopic (exact) mass is 579 g/mol. The molecule has 0 aliphatic carbocycles. The van der Waals surface area contributed by atoms with Crippen LogP contribution in [0.15, 0.2) is 48.5 Å². The number of carboxylic acids is 1. The van der Waals surface area contributed by atoms with Crippen LogP contribution in [0.25, 0.3) is 0 Å². The molecule has 10 nitrogen and oxygen atoms in total. The standard InChI is InChI=1S/C26H18F5N3O7/c27-13-7-17(28)23(34(38)39)19(8-13)32-18-3-1-2-16-20(11-41-24(16)18)33(25(37)26(29,30)31)14-4-5-15-12(6-22(35)36)10-40-21(15)9-14/h1-5,7-9,12,20,32H,6,10-11H2,(H,35,36)/t12-,20-/m1/s1. The molecule has 0 spiro atoms. The van der Waals surface area contributed by atoms with Gasteiger partial charge in [-0.15, -0.1) is 0 Å². The molecule has 2 atom stereocenters. The highest BCUT2D eigenvalue weighted by molar-refractivity contribution is 5.98. The van der Waals surface area contributed by atoms with E-state index in [4.69, 9.17) is 14.6 Å². The molecule has 0 fully saturated rings. The molecule has 15 heteroatoms. The third kappa shape index (κ3) is 5.17. The van der Waals surface area contributed by atoms with E-state index < -0.39 is 64.6 Å². The van der Waals surface area contributed by atoms with E-state index in [2.05, 4.69) is 5.32 Å². The summed E-state index contributed by atoms with van der Waals surface area (Å²) in [5, 5.41) is 23.0. The minimum Gasteiger partial charge on any atom is -0.493 e. The Balaban J connectivity index is 1.54. The molecule has 0 saturated heterocycles. The molecule has 1 amide bonds. The summed E-state index contributed by atoms with van der Waals surface area (Å²) in [4.78, 5) is 34.6. The molecule has 3 aromatic carbocycles. The zero-order chi connectivity index (χ0) is 29.6. The minimum atomic E-state index is -5.30. The predicted octanol–water partition coefficient (Wildman–Crippen LogP) is 5.60. The fourth-order valence-electron chi connectivity index (χ4n) is 4.90. The molecular weight excluding hydrogens is 561 g/mol. The molecule has 2 heterocycles. The van der Waals surface area contributed by atoms with Crippen molar-refractivity contribution < 1.29 is 51.0 Å². The first-order chi connectivity index (χ1) is 19.3. The van der Waals surface area contributed by atoms with Gasteiger partial charge in [-0.25, -0.2) is 4.39 Å². The Morgan fingerprint density at radius 2 is 1.80 bits per heavy atom. The van der Waals surface area contributed by atoms with Crippen molar-refractivity contribution in [1.29, 1.82) is 0 Å². The Kier molecular flexibility index (Phi) is 6.88. The van der Waals surface area contributed by atoms with E-state index in [1.807, 2.05) is 0 Å². The van der Waals surface area contributed by atoms with E-state index >= 15 is 0 Å². The van der Waals surface area contributed by atoms with Crippen LogP contribution in [-0.4, -0.2) is 41.3 Å². The summed E-state index contributed by atoms with van der Waals surface area (Å²) in [7, 11) is 0. The van der Waals surface area contributed by atoms with E-state index in [1.54, 1.807) is 0 Å². The van der Waals surface area contributed by atoms with Crippen LogP contribution in [0.1, 0.15) is 29.5 Å². The fourth-order valence-corrected chi connectivity index (χ4v) is 4.90. The zero-order valence-corrected chi connectivity index (χ0v) is 20.6. The lowest BCUT2D eigenvalue weighted by Crippen LogP contribution is -2.44. The highest BCUT2D eigenvalue weighted by Gasteiger charge is 2.48. The molecule has 0 saturated carbocycles. The SMILES string of the molecule is O=C(O)C[C@@H]1COc2cc(N(C(=O)C(F)(F)F)[C@@H]3COc4c(Nc5cc(F)cc(F)c5[N+](=O)[O-])cccc43)ccc21. The molecule has 3 aromatic rings. The van der Waals surface area contributed by atoms with Gasteiger partial charge in [-0.3, -0.25) is 24.6 Å². The van der Waals surface area contributed by atoms with Crippen molar-refractivity contribution in [3.63, 3.8) is 0 Å². The summed E-state index contributed by atoms with van der Waals surface area (Å²) < 4.78 is 80.4. The van der Waals surface area contributed by atoms with E-state index in [-0.39, 0.29) is 41.5 Å². The van der Waals surface area contributed by atoms with Crippen LogP contribution in [-0.2, 0) is 9.59 Å². The second kappa shape index (κ2) is 10.2. The van der Waals surface area contributed by atoms with Crippen molar-refractivity contribution in [2.75, 3.05) is 23.4 Å². The number of carboxylic acid groups (broad SMARTS) is 1. The highest BCUT2D eigenvalue weighted by Crippen LogP contribution is 2.47. The van der Waals surface area contributed by atoms with Gasteiger partial charge >= 0.3 is 23.7 Å². The van der Waals surface area contributed by atoms with Crippen LogP contribution >= 0.6 is 0 Å². The number of ether oxygens (including phenoxy) is 2. The molecule has 2 aliphatic rings. The van der Waals surface area contributed by atoms with Gasteiger partial charge in [0.1, 0.15) is 29.6 Å². The third-order valence-electron chi connectivity index (χ3n) is 6.62. The first-order valence-corrected chi connectivity index (χ1v) is 11.9. The Morgan fingerprint density at radius 3 is 2.49 bits per heavy atom. The number of nitrogens with one attached hydrogen (secondary N) is 1. The summed E-state index contributed by atoms with van der Waals surface area (Å²) in [5.41, 5.74) is -1.34. The van der Waals surface area contributed by atoms with Gasteiger partial charge in [-0.05, 0) is 12.1 Å². The fraction of sp³-hybridized carbons (Fsp3) is 0.231. The maximum atomic E-state index is 14.1. The number of benzene rings is 3. The topological polar surface area (TPSA) is 131 Å². The maximum absolute atomic E-state index is 14.1. The number of alkyl halides is 3. The zero-order valence-electron chi connectivity index (χ0n) is 20.6. The summed E-state index contributed by atoms with van der Waals surface area (Å²) >= 11 is 0. The van der Waals surface area contributed by atoms with Crippen LogP contribution in [0.4, 0.5) is 44.7 Å². The third-order valence-corrected chi connectivity index (χ3v) is 6.62. The molecule has 0 aromatic heterocycles. The maximum Gasteiger partial charge on any atom is 0.471 e. The number of carbonyl (C=O) groups is 2. The number of fused-ring (bicyclic) bond motifs is 2. The van der Waals surface area contributed by atoms with E-state index in [0.29, 0.717) is 22.6 Å². The lowest BCUT2D eigenvalue weighted by atomic mass is 9.97. The number of halogens is 5. The van der Waals surface area contributed by atoms with Crippen molar-refractivity contribution in [2.24, 2.45) is 0 Å². The van der Waals surface area contributed by atoms with Crippen LogP contribution < -0.4 is 19.7 Å². The number of nitro groups is 1. The molecule has 0 radical (unpaired) electrons. The first kappa shape index (κ1) is 27.6. The summed E-state index contributed by atoms with van der Waals surface area (Å²) in [5.74, 6) is -6.35. The Morgan fingerprint density at radius 1 is 1.05 bits per heavy atom. The number of carbonyl (C=O) groups excluding carboxylic acids is 1. The summed E-state index contributed by atoms with van der Waals surface area (Å²) in [6, 6.07) is 7.58. The van der Waals surface area contributed by atoms with Gasteiger partial charge in [0, 0.05) is 40.9 Å². The van der Waals surface area contributed by atoms with Gasteiger partial charge in [-0.1, -0.05) is 18.2 Å². The van der Waals surface area contributed by atoms with Gasteiger partial charge in [0.15, 0.2) is 0 Å². The molecule has 214 valence electrons. The Bertz CT molecular complexity index is 1580. The highest BCUT2D eigenvalue weighted by atomic mass is 19.4. The van der Waals surface area contributed by atoms with Gasteiger partial charge in [0.25, 0.3) is 0 Å². The molecular formula is C26H18F5N3O7. The van der Waals surface area contributed by atoms with Crippen LogP contribution in [0.5, 0.6) is 11.5 Å². The number of anilines is 3. The van der Waals surface area contributed by atoms with E-state index in [0.717, 1.165) is 0 Å². The molecule has 2 N–H and O–H groups in total. The first-order valence-electron chi connectivity index (χ1n) is 11.9. The van der Waals surface area contributed by atoms with Crippen molar-refractivity contribution in [2.45, 2.75) is 24.6 Å². The number of aliphatic carboxylic acids is 1. The predicted molar refractivity (Wildman–Crippen MR) is 131 cm³/mol. The normalized spacial score (nSPS) is 17.2. The Hall–Kier alpha value is -4.95. The second-order valence-electron chi connectivity index (χ2n) is 9.22. The van der Waals surface area contributed by atoms with Crippen molar-refractivity contribution in [3.05, 3.63) is 81.4 Å². The second-order valence-corrected chi connectivity index (χ2v) is 9.22. The van der Waals surface area contributed by atoms with Crippen LogP contribution in [0.2, 0.25) is 0 Å². The van der Waals surface area contributed by atoms with E-state index in [1.165, 1.54) is 36.4 Å². The average Bonchev–Trinajstić information content (AvgIpc) is 3.47. The van der Waals surface area contributed by atoms with Crippen LogP contribution in [0.3, 0.4) is 0 Å². The number of rotatable bonds is 7. The average molecular weight is 579 g/mol. The molecule has 2 aliphatic heterocycles. The number of amides is 1. The van der Waals surface area contributed by atoms with Crippen molar-refractivity contribution in [3.8, 4) is 11.5 Å². The number of hydrogen-bond acceptors (Lipinski definition) is 7. The van der Waals surface area contributed by atoms with Crippen molar-refractivity contribution >= 4 is 34.6 Å². The van der Waals surface area contributed by atoms with Gasteiger partial charge in [0.2, 0.25) is 5.82 Å². The quantitative estimate of drug-likeness (QED) is 0.210. The largest absolute Gasteiger partial charge is 0.493 e. The number of nitro benzene ring substituents is 1.